The topological polar surface area (TPSA) is 72.9 Å². The number of hydrogen-bond donors (Lipinski definition) is 2. The zero-order valence-electron chi connectivity index (χ0n) is 17.0. The highest BCUT2D eigenvalue weighted by molar-refractivity contribution is 5.94. The van der Waals surface area contributed by atoms with Crippen LogP contribution in [0.15, 0.2) is 54.6 Å². The maximum Gasteiger partial charge on any atom is 0.253 e. The first-order valence-electron chi connectivity index (χ1n) is 10.1. The molecule has 2 aromatic rings. The third-order valence-electron chi connectivity index (χ3n) is 5.56. The van der Waals surface area contributed by atoms with Crippen LogP contribution in [-0.4, -0.2) is 52.0 Å². The van der Waals surface area contributed by atoms with E-state index in [2.05, 4.69) is 43.0 Å². The fourth-order valence-electron chi connectivity index (χ4n) is 3.94. The fourth-order valence-corrected chi connectivity index (χ4v) is 3.94. The van der Waals surface area contributed by atoms with Crippen LogP contribution < -0.4 is 5.48 Å². The van der Waals surface area contributed by atoms with Gasteiger partial charge in [0, 0.05) is 43.7 Å². The monoisotopic (exact) mass is 395 g/mol. The normalized spacial score (nSPS) is 19.8. The molecule has 2 N–H and O–H groups in total. The minimum Gasteiger partial charge on any atom is -0.336 e. The van der Waals surface area contributed by atoms with Crippen LogP contribution in [-0.2, 0) is 17.8 Å². The number of nitrogens with one attached hydrogen (secondary N) is 1. The van der Waals surface area contributed by atoms with E-state index >= 15 is 0 Å². The second-order valence-electron chi connectivity index (χ2n) is 7.80. The van der Waals surface area contributed by atoms with Gasteiger partial charge in [0.15, 0.2) is 0 Å². The van der Waals surface area contributed by atoms with Gasteiger partial charge in [-0.25, -0.2) is 5.48 Å². The maximum atomic E-state index is 13.0. The number of piperazine rings is 1. The van der Waals surface area contributed by atoms with Gasteiger partial charge in [0.25, 0.3) is 5.91 Å². The lowest BCUT2D eigenvalue weighted by molar-refractivity contribution is -0.129. The molecule has 0 bridgehead atoms. The molecule has 2 aromatic carbocycles. The Kier molecular flexibility index (Phi) is 7.01. The molecule has 0 saturated carbocycles. The number of hydroxylamine groups is 1. The zero-order valence-corrected chi connectivity index (χ0v) is 17.0. The van der Waals surface area contributed by atoms with Crippen LogP contribution in [0.2, 0.25) is 0 Å². The molecule has 29 heavy (non-hydrogen) atoms. The second-order valence-corrected chi connectivity index (χ2v) is 7.80. The first-order chi connectivity index (χ1) is 14.0. The van der Waals surface area contributed by atoms with Crippen LogP contribution in [0.3, 0.4) is 0 Å². The summed E-state index contributed by atoms with van der Waals surface area (Å²) >= 11 is 0. The van der Waals surface area contributed by atoms with Crippen molar-refractivity contribution in [3.05, 3.63) is 71.3 Å². The van der Waals surface area contributed by atoms with Gasteiger partial charge in [-0.2, -0.15) is 0 Å². The van der Waals surface area contributed by atoms with Crippen molar-refractivity contribution in [1.82, 2.24) is 15.3 Å². The van der Waals surface area contributed by atoms with Crippen LogP contribution in [0.4, 0.5) is 0 Å². The van der Waals surface area contributed by atoms with Gasteiger partial charge in [0.1, 0.15) is 0 Å². The van der Waals surface area contributed by atoms with Crippen LogP contribution in [0.5, 0.6) is 0 Å². The highest BCUT2D eigenvalue weighted by Crippen LogP contribution is 2.21. The van der Waals surface area contributed by atoms with Crippen molar-refractivity contribution in [3.63, 3.8) is 0 Å². The predicted octanol–water partition coefficient (Wildman–Crippen LogP) is 2.86. The summed E-state index contributed by atoms with van der Waals surface area (Å²) in [6.45, 7) is 6.65. The quantitative estimate of drug-likeness (QED) is 0.583. The molecule has 2 unspecified atom stereocenters. The molecule has 2 atom stereocenters. The van der Waals surface area contributed by atoms with E-state index in [4.69, 9.17) is 5.21 Å². The van der Waals surface area contributed by atoms with Crippen molar-refractivity contribution in [2.75, 3.05) is 13.1 Å². The Bertz CT molecular complexity index is 811. The molecule has 1 heterocycles. The zero-order chi connectivity index (χ0) is 20.8. The van der Waals surface area contributed by atoms with E-state index < -0.39 is 5.91 Å². The van der Waals surface area contributed by atoms with Gasteiger partial charge in [-0.15, -0.1) is 0 Å². The van der Waals surface area contributed by atoms with Crippen molar-refractivity contribution in [2.24, 2.45) is 0 Å². The summed E-state index contributed by atoms with van der Waals surface area (Å²) in [4.78, 5) is 28.5. The van der Waals surface area contributed by atoms with Gasteiger partial charge in [-0.05, 0) is 43.5 Å². The molecule has 3 rings (SSSR count). The molecule has 6 heteroatoms. The Morgan fingerprint density at radius 2 is 1.59 bits per heavy atom. The lowest BCUT2D eigenvalue weighted by atomic mass is 10.0. The first kappa shape index (κ1) is 21.0. The highest BCUT2D eigenvalue weighted by Gasteiger charge is 2.32. The third kappa shape index (κ3) is 5.43. The summed E-state index contributed by atoms with van der Waals surface area (Å²) in [7, 11) is 0. The summed E-state index contributed by atoms with van der Waals surface area (Å²) in [6, 6.07) is 18.4. The second kappa shape index (κ2) is 9.67. The Morgan fingerprint density at radius 1 is 0.966 bits per heavy atom. The molecular weight excluding hydrogens is 366 g/mol. The van der Waals surface area contributed by atoms with Crippen LogP contribution in [0.25, 0.3) is 0 Å². The number of amides is 2. The Balaban J connectivity index is 1.60. The van der Waals surface area contributed by atoms with Crippen molar-refractivity contribution < 1.29 is 14.8 Å². The largest absolute Gasteiger partial charge is 0.336 e. The van der Waals surface area contributed by atoms with Crippen molar-refractivity contribution in [3.8, 4) is 0 Å². The average molecular weight is 396 g/mol. The van der Waals surface area contributed by atoms with E-state index in [9.17, 15) is 9.59 Å². The number of rotatable bonds is 6. The van der Waals surface area contributed by atoms with Gasteiger partial charge >= 0.3 is 0 Å². The van der Waals surface area contributed by atoms with Crippen molar-refractivity contribution in [1.29, 1.82) is 0 Å². The Hall–Kier alpha value is -2.70. The lowest BCUT2D eigenvalue weighted by Crippen LogP contribution is -2.57. The van der Waals surface area contributed by atoms with Gasteiger partial charge in [-0.1, -0.05) is 42.5 Å². The summed E-state index contributed by atoms with van der Waals surface area (Å²) in [5.41, 5.74) is 4.54. The van der Waals surface area contributed by atoms with Crippen molar-refractivity contribution >= 4 is 11.8 Å². The van der Waals surface area contributed by atoms with Gasteiger partial charge < -0.3 is 4.90 Å². The molecule has 1 aliphatic heterocycles. The molecule has 0 aliphatic carbocycles. The molecular formula is C23H29N3O3. The molecule has 154 valence electrons. The smallest absolute Gasteiger partial charge is 0.253 e. The lowest BCUT2D eigenvalue weighted by Gasteiger charge is -2.44. The fraction of sp³-hybridized carbons (Fsp3) is 0.391. The molecule has 2 amide bonds. The molecule has 6 nitrogen and oxygen atoms in total. The van der Waals surface area contributed by atoms with Gasteiger partial charge in [0.2, 0.25) is 5.91 Å². The predicted molar refractivity (Wildman–Crippen MR) is 112 cm³/mol. The third-order valence-corrected chi connectivity index (χ3v) is 5.56. The standard InChI is InChI=1S/C23H29N3O3/c1-17-14-25(15-18(2)26(17)16-20-6-4-3-5-7-20)23(28)21-11-8-19(9-12-21)10-13-22(27)24-29/h3-9,11-12,17-18,29H,10,13-16H2,1-2H3,(H,24,27). The molecule has 0 aromatic heterocycles. The van der Waals surface area contributed by atoms with Gasteiger partial charge in [-0.3, -0.25) is 19.7 Å². The van der Waals surface area contributed by atoms with Crippen LogP contribution in [0, 0.1) is 0 Å². The number of benzene rings is 2. The number of aryl methyl sites for hydroxylation is 1. The summed E-state index contributed by atoms with van der Waals surface area (Å²) in [6.07, 6.45) is 0.731. The van der Waals surface area contributed by atoms with E-state index in [1.54, 1.807) is 5.48 Å². The highest BCUT2D eigenvalue weighted by atomic mass is 16.5. The number of carbonyl (C=O) groups is 2. The van der Waals surface area contributed by atoms with Gasteiger partial charge in [0.05, 0.1) is 0 Å². The Labute approximate surface area is 172 Å². The first-order valence-corrected chi connectivity index (χ1v) is 10.1. The minimum absolute atomic E-state index is 0.0442. The summed E-state index contributed by atoms with van der Waals surface area (Å²) in [5, 5.41) is 8.56. The van der Waals surface area contributed by atoms with E-state index in [0.29, 0.717) is 25.1 Å². The van der Waals surface area contributed by atoms with E-state index in [1.165, 1.54) is 5.56 Å². The number of carbonyl (C=O) groups excluding carboxylic acids is 2. The molecule has 0 spiro atoms. The summed E-state index contributed by atoms with van der Waals surface area (Å²) in [5.74, 6) is -0.371. The van der Waals surface area contributed by atoms with E-state index in [0.717, 1.165) is 12.1 Å². The van der Waals surface area contributed by atoms with E-state index in [-0.39, 0.29) is 24.4 Å². The minimum atomic E-state index is -0.415. The van der Waals surface area contributed by atoms with Crippen LogP contribution >= 0.6 is 0 Å². The number of hydrogen-bond acceptors (Lipinski definition) is 4. The Morgan fingerprint density at radius 3 is 2.17 bits per heavy atom. The molecule has 1 saturated heterocycles. The maximum absolute atomic E-state index is 13.0. The molecule has 1 fully saturated rings. The average Bonchev–Trinajstić information content (AvgIpc) is 2.75. The number of nitrogens with zero attached hydrogens (tertiary/aromatic N) is 2. The SMILES string of the molecule is CC1CN(C(=O)c2ccc(CCC(=O)NO)cc2)CC(C)N1Cc1ccccc1. The summed E-state index contributed by atoms with van der Waals surface area (Å²) < 4.78 is 0. The molecule has 0 radical (unpaired) electrons. The molecule has 1 aliphatic rings. The van der Waals surface area contributed by atoms with Crippen molar-refractivity contribution in [2.45, 2.75) is 45.3 Å². The van der Waals surface area contributed by atoms with E-state index in [1.807, 2.05) is 35.2 Å². The van der Waals surface area contributed by atoms with Crippen LogP contribution in [0.1, 0.15) is 41.8 Å².